The molecular weight excluding hydrogens is 439 g/mol. The number of anilines is 1. The van der Waals surface area contributed by atoms with Crippen molar-refractivity contribution in [1.82, 2.24) is 24.5 Å². The quantitative estimate of drug-likeness (QED) is 0.597. The molecule has 0 aromatic carbocycles. The Morgan fingerprint density at radius 1 is 1.34 bits per heavy atom. The molecule has 170 valence electrons. The Morgan fingerprint density at radius 3 is 2.81 bits per heavy atom. The van der Waals surface area contributed by atoms with Gasteiger partial charge in [-0.1, -0.05) is 11.6 Å². The number of ether oxygens (including phenoxy) is 1. The standard InChI is InChI=1S/C21H24ClFN6O3/c1-12-19(13(2)27(3)26-12)16-8-14(4-5-24-16)32-18-11-28(10-15(18)23)17-9-25-29(6-7-30)21(31)20(17)22/h4-5,8-9,15,18,30H,6-7,10-11H2,1-3H3/t15-,18-/m0/s1. The van der Waals surface area contributed by atoms with Gasteiger partial charge in [-0.15, -0.1) is 0 Å². The summed E-state index contributed by atoms with van der Waals surface area (Å²) in [5, 5.41) is 17.4. The third kappa shape index (κ3) is 4.07. The molecule has 2 atom stereocenters. The monoisotopic (exact) mass is 462 g/mol. The molecule has 4 heterocycles. The fourth-order valence-corrected chi connectivity index (χ4v) is 4.18. The van der Waals surface area contributed by atoms with E-state index >= 15 is 0 Å². The molecule has 1 N–H and O–H groups in total. The number of aromatic nitrogens is 5. The zero-order valence-electron chi connectivity index (χ0n) is 18.0. The predicted molar refractivity (Wildman–Crippen MR) is 118 cm³/mol. The van der Waals surface area contributed by atoms with E-state index in [4.69, 9.17) is 21.4 Å². The SMILES string of the molecule is Cc1nn(C)c(C)c1-c1cc(O[C@H]2CN(c3cnn(CCO)c(=O)c3Cl)C[C@@H]2F)ccn1. The van der Waals surface area contributed by atoms with Gasteiger partial charge in [0.05, 0.1) is 49.5 Å². The van der Waals surface area contributed by atoms with Crippen LogP contribution in [0.15, 0.2) is 29.3 Å². The molecule has 1 aliphatic rings. The van der Waals surface area contributed by atoms with Crippen LogP contribution < -0.4 is 15.2 Å². The summed E-state index contributed by atoms with van der Waals surface area (Å²) in [5.41, 5.74) is 3.26. The summed E-state index contributed by atoms with van der Waals surface area (Å²) in [5.74, 6) is 0.495. The average molecular weight is 463 g/mol. The highest BCUT2D eigenvalue weighted by atomic mass is 35.5. The molecule has 1 saturated heterocycles. The van der Waals surface area contributed by atoms with Crippen molar-refractivity contribution in [2.45, 2.75) is 32.7 Å². The van der Waals surface area contributed by atoms with Gasteiger partial charge >= 0.3 is 0 Å². The van der Waals surface area contributed by atoms with Crippen LogP contribution in [0.2, 0.25) is 5.02 Å². The van der Waals surface area contributed by atoms with Crippen LogP contribution in [-0.2, 0) is 13.6 Å². The summed E-state index contributed by atoms with van der Waals surface area (Å²) < 4.78 is 23.6. The number of pyridine rings is 1. The lowest BCUT2D eigenvalue weighted by molar-refractivity contribution is 0.140. The topological polar surface area (TPSA) is 98.3 Å². The molecule has 0 bridgehead atoms. The third-order valence-corrected chi connectivity index (χ3v) is 5.96. The van der Waals surface area contributed by atoms with Gasteiger partial charge in [0, 0.05) is 30.6 Å². The molecule has 0 aliphatic carbocycles. The van der Waals surface area contributed by atoms with Crippen LogP contribution in [0.1, 0.15) is 11.4 Å². The van der Waals surface area contributed by atoms with Crippen LogP contribution in [0.3, 0.4) is 0 Å². The van der Waals surface area contributed by atoms with E-state index in [1.54, 1.807) is 27.9 Å². The number of alkyl halides is 1. The van der Waals surface area contributed by atoms with Gasteiger partial charge in [0.2, 0.25) is 0 Å². The number of nitrogens with zero attached hydrogens (tertiary/aromatic N) is 6. The van der Waals surface area contributed by atoms with Crippen LogP contribution in [0.4, 0.5) is 10.1 Å². The fraction of sp³-hybridized carbons (Fsp3) is 0.429. The van der Waals surface area contributed by atoms with Crippen LogP contribution in [0, 0.1) is 13.8 Å². The minimum absolute atomic E-state index is 0.0221. The lowest BCUT2D eigenvalue weighted by atomic mass is 10.1. The highest BCUT2D eigenvalue weighted by Crippen LogP contribution is 2.31. The second-order valence-electron chi connectivity index (χ2n) is 7.72. The first-order chi connectivity index (χ1) is 15.3. The molecule has 32 heavy (non-hydrogen) atoms. The molecule has 9 nitrogen and oxygen atoms in total. The first kappa shape index (κ1) is 22.2. The second-order valence-corrected chi connectivity index (χ2v) is 8.10. The smallest absolute Gasteiger partial charge is 0.287 e. The molecule has 0 saturated carbocycles. The Morgan fingerprint density at radius 2 is 2.12 bits per heavy atom. The summed E-state index contributed by atoms with van der Waals surface area (Å²) in [4.78, 5) is 18.4. The van der Waals surface area contributed by atoms with E-state index in [-0.39, 0.29) is 31.3 Å². The van der Waals surface area contributed by atoms with Crippen molar-refractivity contribution in [2.75, 3.05) is 24.6 Å². The lowest BCUT2D eigenvalue weighted by Gasteiger charge is -2.19. The van der Waals surface area contributed by atoms with Gasteiger partial charge in [0.1, 0.15) is 16.9 Å². The van der Waals surface area contributed by atoms with Gasteiger partial charge in [-0.2, -0.15) is 10.2 Å². The van der Waals surface area contributed by atoms with Crippen LogP contribution in [-0.4, -0.2) is 61.6 Å². The lowest BCUT2D eigenvalue weighted by Crippen LogP contribution is -2.30. The Kier molecular flexibility index (Phi) is 6.16. The molecule has 0 radical (unpaired) electrons. The van der Waals surface area contributed by atoms with Gasteiger partial charge in [-0.3, -0.25) is 14.5 Å². The van der Waals surface area contributed by atoms with Crippen LogP contribution in [0.25, 0.3) is 11.3 Å². The highest BCUT2D eigenvalue weighted by Gasteiger charge is 2.36. The number of aliphatic hydroxyl groups is 1. The zero-order chi connectivity index (χ0) is 23.0. The van der Waals surface area contributed by atoms with Crippen molar-refractivity contribution < 1.29 is 14.2 Å². The molecular formula is C21H24ClFN6O3. The van der Waals surface area contributed by atoms with E-state index in [1.165, 1.54) is 6.20 Å². The van der Waals surface area contributed by atoms with E-state index in [9.17, 15) is 9.18 Å². The Labute approximate surface area is 189 Å². The molecule has 0 amide bonds. The first-order valence-corrected chi connectivity index (χ1v) is 10.6. The van der Waals surface area contributed by atoms with Crippen molar-refractivity contribution in [3.63, 3.8) is 0 Å². The number of hydrogen-bond donors (Lipinski definition) is 1. The van der Waals surface area contributed by atoms with Crippen molar-refractivity contribution in [3.05, 3.63) is 51.3 Å². The number of aryl methyl sites for hydroxylation is 2. The summed E-state index contributed by atoms with van der Waals surface area (Å²) >= 11 is 6.21. The average Bonchev–Trinajstić information content (AvgIpc) is 3.24. The van der Waals surface area contributed by atoms with Crippen molar-refractivity contribution in [2.24, 2.45) is 7.05 Å². The second kappa shape index (κ2) is 8.87. The van der Waals surface area contributed by atoms with Gasteiger partial charge in [-0.25, -0.2) is 9.07 Å². The molecule has 1 fully saturated rings. The van der Waals surface area contributed by atoms with E-state index in [0.29, 0.717) is 17.1 Å². The number of hydrogen-bond acceptors (Lipinski definition) is 7. The van der Waals surface area contributed by atoms with Gasteiger partial charge in [0.15, 0.2) is 6.17 Å². The van der Waals surface area contributed by atoms with Gasteiger partial charge in [0.25, 0.3) is 5.56 Å². The summed E-state index contributed by atoms with van der Waals surface area (Å²) in [7, 11) is 1.87. The van der Waals surface area contributed by atoms with Crippen LogP contribution in [0.5, 0.6) is 5.75 Å². The number of halogens is 2. The number of aliphatic hydroxyl groups excluding tert-OH is 1. The molecule has 0 spiro atoms. The predicted octanol–water partition coefficient (Wildman–Crippen LogP) is 1.91. The van der Waals surface area contributed by atoms with Crippen molar-refractivity contribution in [3.8, 4) is 17.0 Å². The molecule has 3 aromatic heterocycles. The maximum absolute atomic E-state index is 14.8. The van der Waals surface area contributed by atoms with E-state index in [2.05, 4.69) is 15.2 Å². The maximum Gasteiger partial charge on any atom is 0.287 e. The van der Waals surface area contributed by atoms with E-state index < -0.39 is 17.8 Å². The minimum Gasteiger partial charge on any atom is -0.485 e. The largest absolute Gasteiger partial charge is 0.485 e. The molecule has 1 aliphatic heterocycles. The van der Waals surface area contributed by atoms with E-state index in [0.717, 1.165) is 21.6 Å². The normalized spacial score (nSPS) is 18.4. The molecule has 4 rings (SSSR count). The Bertz CT molecular complexity index is 1200. The Balaban J connectivity index is 1.53. The van der Waals surface area contributed by atoms with E-state index in [1.807, 2.05) is 20.9 Å². The summed E-state index contributed by atoms with van der Waals surface area (Å²) in [6.45, 7) is 3.90. The maximum atomic E-state index is 14.8. The zero-order valence-corrected chi connectivity index (χ0v) is 18.8. The Hall–Kier alpha value is -2.98. The highest BCUT2D eigenvalue weighted by molar-refractivity contribution is 6.33. The van der Waals surface area contributed by atoms with Crippen LogP contribution >= 0.6 is 11.6 Å². The molecule has 11 heteroatoms. The first-order valence-electron chi connectivity index (χ1n) is 10.2. The third-order valence-electron chi connectivity index (χ3n) is 5.60. The van der Waals surface area contributed by atoms with Crippen molar-refractivity contribution >= 4 is 17.3 Å². The molecule has 0 unspecified atom stereocenters. The van der Waals surface area contributed by atoms with Crippen molar-refractivity contribution in [1.29, 1.82) is 0 Å². The summed E-state index contributed by atoms with van der Waals surface area (Å²) in [6.07, 6.45) is 0.993. The minimum atomic E-state index is -1.29. The fourth-order valence-electron chi connectivity index (χ4n) is 3.91. The summed E-state index contributed by atoms with van der Waals surface area (Å²) in [6, 6.07) is 3.46. The molecule has 3 aromatic rings. The van der Waals surface area contributed by atoms with Gasteiger partial charge in [-0.05, 0) is 19.9 Å². The number of rotatable bonds is 6. The van der Waals surface area contributed by atoms with Gasteiger partial charge < -0.3 is 14.7 Å².